The summed E-state index contributed by atoms with van der Waals surface area (Å²) in [5.41, 5.74) is 0.405. The van der Waals surface area contributed by atoms with Crippen molar-refractivity contribution >= 4 is 29.1 Å². The van der Waals surface area contributed by atoms with E-state index in [0.717, 1.165) is 16.7 Å². The second-order valence-corrected chi connectivity index (χ2v) is 6.83. The van der Waals surface area contributed by atoms with Crippen molar-refractivity contribution in [1.29, 1.82) is 0 Å². The minimum absolute atomic E-state index is 0.405. The first-order valence-corrected chi connectivity index (χ1v) is 8.42. The molecule has 0 unspecified atom stereocenters. The van der Waals surface area contributed by atoms with Crippen LogP contribution in [0.15, 0.2) is 11.4 Å². The van der Waals surface area contributed by atoms with Crippen LogP contribution < -0.4 is 5.32 Å². The van der Waals surface area contributed by atoms with Crippen LogP contribution in [0.5, 0.6) is 0 Å². The predicted octanol–water partition coefficient (Wildman–Crippen LogP) is 3.21. The summed E-state index contributed by atoms with van der Waals surface area (Å²) in [6.45, 7) is 0.798. The molecule has 1 aromatic heterocycles. The van der Waals surface area contributed by atoms with Crippen LogP contribution in [0.25, 0.3) is 0 Å². The molecule has 0 atom stereocenters. The molecule has 1 saturated carbocycles. The molecule has 1 aromatic rings. The molecule has 1 heterocycles. The molecule has 0 aliphatic heterocycles. The van der Waals surface area contributed by atoms with Crippen LogP contribution in [0.3, 0.4) is 0 Å². The topological polar surface area (TPSA) is 49.3 Å². The maximum Gasteiger partial charge on any atom is 0.336 e. The molecular formula is C13H19NO2S2. The third-order valence-corrected chi connectivity index (χ3v) is 5.55. The van der Waals surface area contributed by atoms with E-state index in [-0.39, 0.29) is 0 Å². The number of carboxylic acid groups (broad SMARTS) is 1. The average molecular weight is 285 g/mol. The fourth-order valence-corrected chi connectivity index (χ4v) is 3.89. The molecule has 1 aliphatic carbocycles. The summed E-state index contributed by atoms with van der Waals surface area (Å²) in [4.78, 5) is 11.9. The van der Waals surface area contributed by atoms with Gasteiger partial charge >= 0.3 is 5.97 Å². The second-order valence-electron chi connectivity index (χ2n) is 4.70. The molecule has 0 spiro atoms. The summed E-state index contributed by atoms with van der Waals surface area (Å²) in [6.07, 6.45) is 7.26. The highest BCUT2D eigenvalue weighted by Gasteiger charge is 2.20. The molecule has 5 heteroatoms. The second kappa shape index (κ2) is 6.59. The standard InChI is InChI=1S/C13H19NO2S2/c1-17-11-4-2-10(3-5-11)14-7-12-6-9(8-18-12)13(15)16/h6,8,10-11,14H,2-5,7H2,1H3,(H,15,16). The van der Waals surface area contributed by atoms with Gasteiger partial charge in [0.2, 0.25) is 0 Å². The average Bonchev–Trinajstić information content (AvgIpc) is 2.86. The highest BCUT2D eigenvalue weighted by atomic mass is 32.2. The van der Waals surface area contributed by atoms with Crippen molar-refractivity contribution < 1.29 is 9.90 Å². The first-order chi connectivity index (χ1) is 8.69. The summed E-state index contributed by atoms with van der Waals surface area (Å²) in [5, 5.41) is 14.9. The van der Waals surface area contributed by atoms with Crippen LogP contribution in [0.4, 0.5) is 0 Å². The van der Waals surface area contributed by atoms with Gasteiger partial charge in [0.1, 0.15) is 0 Å². The molecule has 3 nitrogen and oxygen atoms in total. The SMILES string of the molecule is CSC1CCC(NCc2cc(C(=O)O)cs2)CC1. The van der Waals surface area contributed by atoms with E-state index in [1.807, 2.05) is 11.8 Å². The maximum absolute atomic E-state index is 10.8. The van der Waals surface area contributed by atoms with Gasteiger partial charge < -0.3 is 10.4 Å². The first-order valence-electron chi connectivity index (χ1n) is 6.26. The molecule has 18 heavy (non-hydrogen) atoms. The highest BCUT2D eigenvalue weighted by molar-refractivity contribution is 7.99. The Morgan fingerprint density at radius 3 is 2.78 bits per heavy atom. The van der Waals surface area contributed by atoms with Crippen molar-refractivity contribution in [2.75, 3.05) is 6.26 Å². The highest BCUT2D eigenvalue weighted by Crippen LogP contribution is 2.27. The Hall–Kier alpha value is -0.520. The molecule has 0 amide bonds. The van der Waals surface area contributed by atoms with Gasteiger partial charge in [-0.3, -0.25) is 0 Å². The minimum atomic E-state index is -0.835. The fraction of sp³-hybridized carbons (Fsp3) is 0.615. The van der Waals surface area contributed by atoms with Gasteiger partial charge in [0.25, 0.3) is 0 Å². The monoisotopic (exact) mass is 285 g/mol. The Kier molecular flexibility index (Phi) is 5.09. The number of carboxylic acids is 1. The van der Waals surface area contributed by atoms with Crippen LogP contribution >= 0.6 is 23.1 Å². The lowest BCUT2D eigenvalue weighted by atomic mass is 9.95. The van der Waals surface area contributed by atoms with Crippen LogP contribution in [0.2, 0.25) is 0 Å². The van der Waals surface area contributed by atoms with Crippen molar-refractivity contribution in [1.82, 2.24) is 5.32 Å². The number of aromatic carboxylic acids is 1. The van der Waals surface area contributed by atoms with Gasteiger partial charge in [-0.25, -0.2) is 4.79 Å². The number of thiophene rings is 1. The summed E-state index contributed by atoms with van der Waals surface area (Å²) < 4.78 is 0. The maximum atomic E-state index is 10.8. The smallest absolute Gasteiger partial charge is 0.336 e. The molecule has 2 N–H and O–H groups in total. The van der Waals surface area contributed by atoms with E-state index in [1.54, 1.807) is 11.4 Å². The van der Waals surface area contributed by atoms with Gasteiger partial charge in [-0.15, -0.1) is 11.3 Å². The molecular weight excluding hydrogens is 266 g/mol. The molecule has 0 saturated heterocycles. The summed E-state index contributed by atoms with van der Waals surface area (Å²) in [5.74, 6) is -0.835. The van der Waals surface area contributed by atoms with Crippen molar-refractivity contribution in [3.8, 4) is 0 Å². The van der Waals surface area contributed by atoms with E-state index in [1.165, 1.54) is 37.0 Å². The van der Waals surface area contributed by atoms with Crippen LogP contribution in [-0.4, -0.2) is 28.6 Å². The normalized spacial score (nSPS) is 24.1. The predicted molar refractivity (Wildman–Crippen MR) is 77.7 cm³/mol. The number of thioether (sulfide) groups is 1. The van der Waals surface area contributed by atoms with Gasteiger partial charge in [0.05, 0.1) is 5.56 Å². The summed E-state index contributed by atoms with van der Waals surface area (Å²) in [7, 11) is 0. The number of rotatable bonds is 5. The molecule has 0 radical (unpaired) electrons. The fourth-order valence-electron chi connectivity index (χ4n) is 2.33. The lowest BCUT2D eigenvalue weighted by molar-refractivity contribution is 0.0697. The summed E-state index contributed by atoms with van der Waals surface area (Å²) >= 11 is 3.50. The van der Waals surface area contributed by atoms with Crippen molar-refractivity contribution in [2.45, 2.75) is 43.5 Å². The van der Waals surface area contributed by atoms with E-state index in [9.17, 15) is 4.79 Å². The Balaban J connectivity index is 1.76. The lowest BCUT2D eigenvalue weighted by Crippen LogP contribution is -2.33. The number of hydrogen-bond acceptors (Lipinski definition) is 4. The zero-order valence-corrected chi connectivity index (χ0v) is 12.1. The first kappa shape index (κ1) is 13.9. The van der Waals surface area contributed by atoms with Gasteiger partial charge in [0, 0.05) is 28.1 Å². The zero-order chi connectivity index (χ0) is 13.0. The number of nitrogens with one attached hydrogen (secondary N) is 1. The van der Waals surface area contributed by atoms with Crippen molar-refractivity contribution in [3.05, 3.63) is 21.9 Å². The van der Waals surface area contributed by atoms with E-state index in [0.29, 0.717) is 11.6 Å². The third kappa shape index (κ3) is 3.73. The lowest BCUT2D eigenvalue weighted by Gasteiger charge is -2.28. The third-order valence-electron chi connectivity index (χ3n) is 3.47. The minimum Gasteiger partial charge on any atom is -0.478 e. The van der Waals surface area contributed by atoms with E-state index in [2.05, 4.69) is 11.6 Å². The molecule has 2 rings (SSSR count). The Labute approximate surface area is 116 Å². The van der Waals surface area contributed by atoms with Gasteiger partial charge in [-0.2, -0.15) is 11.8 Å². The van der Waals surface area contributed by atoms with Crippen molar-refractivity contribution in [3.63, 3.8) is 0 Å². The molecule has 100 valence electrons. The summed E-state index contributed by atoms with van der Waals surface area (Å²) in [6, 6.07) is 2.37. The van der Waals surface area contributed by atoms with Gasteiger partial charge in [0.15, 0.2) is 0 Å². The number of carbonyl (C=O) groups is 1. The zero-order valence-electron chi connectivity index (χ0n) is 10.5. The molecule has 1 fully saturated rings. The molecule has 0 aromatic carbocycles. The molecule has 0 bridgehead atoms. The van der Waals surface area contributed by atoms with E-state index in [4.69, 9.17) is 5.11 Å². The molecule has 1 aliphatic rings. The van der Waals surface area contributed by atoms with Crippen LogP contribution in [0, 0.1) is 0 Å². The van der Waals surface area contributed by atoms with Gasteiger partial charge in [-0.1, -0.05) is 0 Å². The van der Waals surface area contributed by atoms with Crippen molar-refractivity contribution in [2.24, 2.45) is 0 Å². The van der Waals surface area contributed by atoms with E-state index >= 15 is 0 Å². The largest absolute Gasteiger partial charge is 0.478 e. The van der Waals surface area contributed by atoms with Gasteiger partial charge in [-0.05, 0) is 38.0 Å². The quantitative estimate of drug-likeness (QED) is 0.872. The Bertz CT molecular complexity index is 397. The Morgan fingerprint density at radius 1 is 1.50 bits per heavy atom. The van der Waals surface area contributed by atoms with Crippen LogP contribution in [0.1, 0.15) is 40.9 Å². The Morgan fingerprint density at radius 2 is 2.22 bits per heavy atom. The van der Waals surface area contributed by atoms with E-state index < -0.39 is 5.97 Å². The van der Waals surface area contributed by atoms with Crippen LogP contribution in [-0.2, 0) is 6.54 Å². The number of hydrogen-bond donors (Lipinski definition) is 2.